The van der Waals surface area contributed by atoms with E-state index in [1.165, 1.54) is 42.7 Å². The largest absolute Gasteiger partial charge is 0.508 e. The molecule has 0 saturated carbocycles. The summed E-state index contributed by atoms with van der Waals surface area (Å²) in [6, 6.07) is 7.89. The Morgan fingerprint density at radius 1 is 1.11 bits per heavy atom. The number of benzene rings is 2. The van der Waals surface area contributed by atoms with Crippen LogP contribution in [-0.4, -0.2) is 103 Å². The lowest BCUT2D eigenvalue weighted by atomic mass is 9.95. The van der Waals surface area contributed by atoms with Gasteiger partial charge in [0.2, 0.25) is 5.91 Å². The van der Waals surface area contributed by atoms with Crippen LogP contribution >= 0.6 is 0 Å². The summed E-state index contributed by atoms with van der Waals surface area (Å²) in [4.78, 5) is 49.8. The van der Waals surface area contributed by atoms with Crippen LogP contribution in [0.2, 0.25) is 0 Å². The molecular weight excluding hydrogens is 738 g/mol. The van der Waals surface area contributed by atoms with Crippen LogP contribution in [0.15, 0.2) is 61.4 Å². The van der Waals surface area contributed by atoms with Crippen molar-refractivity contribution in [2.45, 2.75) is 55.9 Å². The number of aromatic nitrogens is 4. The van der Waals surface area contributed by atoms with E-state index in [2.05, 4.69) is 37.7 Å². The molecule has 15 heteroatoms. The third kappa shape index (κ3) is 6.24. The molecule has 3 aromatic heterocycles. The number of terminal acetylenes is 1. The van der Waals surface area contributed by atoms with Gasteiger partial charge in [-0.3, -0.25) is 19.5 Å². The Bertz CT molecular complexity index is 2530. The molecule has 0 radical (unpaired) electrons. The van der Waals surface area contributed by atoms with Gasteiger partial charge in [-0.1, -0.05) is 18.6 Å². The predicted octanol–water partition coefficient (Wildman–Crippen LogP) is 5.78. The molecule has 2 bridgehead atoms. The topological polar surface area (TPSA) is 137 Å². The van der Waals surface area contributed by atoms with Crippen LogP contribution in [0.25, 0.3) is 32.9 Å². The van der Waals surface area contributed by atoms with Crippen molar-refractivity contribution in [1.82, 2.24) is 29.7 Å². The van der Waals surface area contributed by atoms with Gasteiger partial charge in [-0.25, -0.2) is 18.2 Å². The molecule has 290 valence electrons. The first-order chi connectivity index (χ1) is 27.6. The minimum atomic E-state index is -0.984. The third-order valence-corrected chi connectivity index (χ3v) is 11.8. The number of phenolic OH excluding ortho intramolecular Hbond substituents is 1. The van der Waals surface area contributed by atoms with Crippen molar-refractivity contribution < 1.29 is 32.6 Å². The Hall–Kier alpha value is -6.27. The second-order valence-electron chi connectivity index (χ2n) is 15.2. The van der Waals surface area contributed by atoms with E-state index in [0.29, 0.717) is 55.7 Å². The number of fused-ring (bicyclic) bond motifs is 5. The second-order valence-corrected chi connectivity index (χ2v) is 15.2. The van der Waals surface area contributed by atoms with Gasteiger partial charge in [-0.15, -0.1) is 6.42 Å². The summed E-state index contributed by atoms with van der Waals surface area (Å²) >= 11 is 0. The van der Waals surface area contributed by atoms with E-state index >= 15 is 4.39 Å². The van der Waals surface area contributed by atoms with E-state index in [1.807, 2.05) is 9.80 Å². The second kappa shape index (κ2) is 14.0. The number of pyridine rings is 2. The van der Waals surface area contributed by atoms with Gasteiger partial charge in [0.1, 0.15) is 47.2 Å². The first-order valence-corrected chi connectivity index (χ1v) is 18.8. The number of carbonyl (C=O) groups is 2. The van der Waals surface area contributed by atoms with Gasteiger partial charge in [-0.2, -0.15) is 9.97 Å². The molecule has 0 spiro atoms. The highest BCUT2D eigenvalue weighted by molar-refractivity contribution is 6.03. The molecule has 4 unspecified atom stereocenters. The highest BCUT2D eigenvalue weighted by Gasteiger charge is 2.50. The maximum absolute atomic E-state index is 17.1. The number of rotatable bonds is 8. The number of carbonyl (C=O) groups excluding carboxylic acids is 2. The molecule has 7 heterocycles. The van der Waals surface area contributed by atoms with Gasteiger partial charge in [-0.05, 0) is 74.0 Å². The van der Waals surface area contributed by atoms with E-state index in [0.717, 1.165) is 25.5 Å². The SMILES string of the molecule is C#Cc1c(F)ccc2cc(O)cc(-c3ncc4c(N5CC6CCC(C5)N6C(=O)c5ccnc(NC(=O)C=C)c5)nc(OCC56CCCN5CC(F)C6)nc4c3F)c12. The summed E-state index contributed by atoms with van der Waals surface area (Å²) in [5.74, 6) is 0.531. The molecular formula is C42H37F3N8O4. The Balaban J connectivity index is 1.11. The summed E-state index contributed by atoms with van der Waals surface area (Å²) in [7, 11) is 0. The standard InChI is InChI=1S/C42H37F3N8O4/c1-3-29-32(44)9-6-23-14-28(54)16-30(35(23)29)37-36(45)38-31(18-47-37)39(50-41(49-38)57-22-42-11-5-13-52(42)19-25(43)17-42)51-20-26-7-8-27(21-51)53(26)40(56)24-10-12-46-33(15-24)48-34(55)4-2/h1,4,6,9-10,12,14-16,18,25-27,54H,2,5,7-8,11,13,17,19-22H2,(H,46,48,55). The molecule has 4 saturated heterocycles. The number of amides is 2. The zero-order chi connectivity index (χ0) is 39.6. The molecule has 2 amide bonds. The average Bonchev–Trinajstić information content (AvgIpc) is 3.82. The number of nitrogens with zero attached hydrogens (tertiary/aromatic N) is 7. The zero-order valence-corrected chi connectivity index (χ0v) is 30.7. The van der Waals surface area contributed by atoms with Crippen LogP contribution < -0.4 is 15.0 Å². The first-order valence-electron chi connectivity index (χ1n) is 18.8. The fourth-order valence-electron chi connectivity index (χ4n) is 9.28. The summed E-state index contributed by atoms with van der Waals surface area (Å²) in [6.45, 7) is 5.35. The van der Waals surface area contributed by atoms with Crippen molar-refractivity contribution in [2.24, 2.45) is 0 Å². The number of aromatic hydroxyl groups is 1. The molecule has 57 heavy (non-hydrogen) atoms. The van der Waals surface area contributed by atoms with Crippen molar-refractivity contribution in [2.75, 3.05) is 43.0 Å². The number of anilines is 2. The Labute approximate surface area is 325 Å². The average molecular weight is 775 g/mol. The lowest BCUT2D eigenvalue weighted by Gasteiger charge is -2.42. The van der Waals surface area contributed by atoms with Crippen molar-refractivity contribution in [1.29, 1.82) is 0 Å². The minimum absolute atomic E-state index is 0.0772. The first kappa shape index (κ1) is 36.4. The van der Waals surface area contributed by atoms with Gasteiger partial charge in [0.25, 0.3) is 5.91 Å². The van der Waals surface area contributed by atoms with Crippen LogP contribution in [-0.2, 0) is 4.79 Å². The van der Waals surface area contributed by atoms with Crippen LogP contribution in [0.5, 0.6) is 11.8 Å². The quantitative estimate of drug-likeness (QED) is 0.148. The van der Waals surface area contributed by atoms with Crippen LogP contribution in [0.3, 0.4) is 0 Å². The molecule has 4 aliphatic heterocycles. The van der Waals surface area contributed by atoms with Crippen molar-refractivity contribution >= 4 is 45.1 Å². The van der Waals surface area contributed by atoms with Crippen molar-refractivity contribution in [3.05, 3.63) is 84.2 Å². The Morgan fingerprint density at radius 2 is 1.91 bits per heavy atom. The Morgan fingerprint density at radius 3 is 2.68 bits per heavy atom. The maximum atomic E-state index is 17.1. The van der Waals surface area contributed by atoms with E-state index in [9.17, 15) is 23.5 Å². The van der Waals surface area contributed by atoms with Crippen molar-refractivity contribution in [3.8, 4) is 35.4 Å². The zero-order valence-electron chi connectivity index (χ0n) is 30.7. The number of hydrogen-bond donors (Lipinski definition) is 2. The number of alkyl halides is 1. The van der Waals surface area contributed by atoms with Crippen LogP contribution in [0, 0.1) is 24.0 Å². The minimum Gasteiger partial charge on any atom is -0.508 e. The number of hydrogen-bond acceptors (Lipinski definition) is 10. The number of phenols is 1. The molecule has 5 aromatic rings. The van der Waals surface area contributed by atoms with Gasteiger partial charge in [0.05, 0.1) is 28.6 Å². The summed E-state index contributed by atoms with van der Waals surface area (Å²) < 4.78 is 53.1. The molecule has 12 nitrogen and oxygen atoms in total. The molecule has 2 N–H and O–H groups in total. The van der Waals surface area contributed by atoms with Crippen LogP contribution in [0.4, 0.5) is 24.8 Å². The smallest absolute Gasteiger partial charge is 0.319 e. The molecule has 0 aliphatic carbocycles. The molecule has 9 rings (SSSR count). The number of halogens is 3. The fourth-order valence-corrected chi connectivity index (χ4v) is 9.28. The highest BCUT2D eigenvalue weighted by atomic mass is 19.1. The van der Waals surface area contributed by atoms with E-state index in [1.54, 1.807) is 6.07 Å². The van der Waals surface area contributed by atoms with E-state index in [-0.39, 0.29) is 75.3 Å². The van der Waals surface area contributed by atoms with Gasteiger partial charge in [0, 0.05) is 55.0 Å². The van der Waals surface area contributed by atoms with Gasteiger partial charge in [0.15, 0.2) is 5.82 Å². The fraction of sp³-hybridized carbons (Fsp3) is 0.333. The molecule has 4 atom stereocenters. The molecule has 2 aromatic carbocycles. The van der Waals surface area contributed by atoms with E-state index < -0.39 is 29.3 Å². The maximum Gasteiger partial charge on any atom is 0.319 e. The summed E-state index contributed by atoms with van der Waals surface area (Å²) in [6.07, 6.45) is 12.1. The Kier molecular flexibility index (Phi) is 8.96. The normalized spacial score (nSPS) is 22.8. The van der Waals surface area contributed by atoms with E-state index in [4.69, 9.17) is 16.1 Å². The lowest BCUT2D eigenvalue weighted by Crippen LogP contribution is -2.56. The number of nitrogens with one attached hydrogen (secondary N) is 1. The monoisotopic (exact) mass is 774 g/mol. The highest BCUT2D eigenvalue weighted by Crippen LogP contribution is 2.43. The third-order valence-electron chi connectivity index (χ3n) is 11.8. The van der Waals surface area contributed by atoms with Gasteiger partial charge >= 0.3 is 6.01 Å². The number of piperazine rings is 1. The predicted molar refractivity (Wildman–Crippen MR) is 207 cm³/mol. The molecule has 4 fully saturated rings. The van der Waals surface area contributed by atoms with Crippen molar-refractivity contribution in [3.63, 3.8) is 0 Å². The lowest BCUT2D eigenvalue weighted by molar-refractivity contribution is -0.111. The number of ether oxygens (including phenoxy) is 1. The van der Waals surface area contributed by atoms with Gasteiger partial charge < -0.3 is 25.0 Å². The summed E-state index contributed by atoms with van der Waals surface area (Å²) in [5.41, 5.74) is -0.522. The molecule has 4 aliphatic rings. The summed E-state index contributed by atoms with van der Waals surface area (Å²) in [5, 5.41) is 14.1. The van der Waals surface area contributed by atoms with Crippen LogP contribution in [0.1, 0.15) is 48.0 Å².